The van der Waals surface area contributed by atoms with Gasteiger partial charge in [0.05, 0.1) is 6.04 Å². The van der Waals surface area contributed by atoms with E-state index >= 15 is 0 Å². The van der Waals surface area contributed by atoms with Crippen LogP contribution in [0.4, 0.5) is 19.7 Å². The van der Waals surface area contributed by atoms with E-state index in [1.54, 1.807) is 30.3 Å². The van der Waals surface area contributed by atoms with Crippen molar-refractivity contribution in [1.82, 2.24) is 15.1 Å². The Bertz CT molecular complexity index is 1340. The summed E-state index contributed by atoms with van der Waals surface area (Å²) in [5.41, 5.74) is 0.960. The van der Waals surface area contributed by atoms with Crippen LogP contribution in [-0.4, -0.2) is 53.5 Å². The zero-order valence-corrected chi connectivity index (χ0v) is 20.0. The minimum atomic E-state index is -1.53. The first-order valence-electron chi connectivity index (χ1n) is 11.9. The molecular formula is C26H24FN5O5. The quantitative estimate of drug-likeness (QED) is 0.620. The second-order valence-electron chi connectivity index (χ2n) is 9.22. The van der Waals surface area contributed by atoms with Gasteiger partial charge in [-0.25, -0.2) is 25.5 Å². The third-order valence-corrected chi connectivity index (χ3v) is 7.18. The van der Waals surface area contributed by atoms with Gasteiger partial charge in [0.25, 0.3) is 5.91 Å². The molecule has 0 radical (unpaired) electrons. The second-order valence-corrected chi connectivity index (χ2v) is 9.22. The van der Waals surface area contributed by atoms with Crippen molar-refractivity contribution in [2.75, 3.05) is 18.9 Å². The second kappa shape index (κ2) is 9.20. The molecule has 0 aromatic heterocycles. The largest absolute Gasteiger partial charge is 0.427 e. The molecule has 1 aliphatic carbocycles. The number of urea groups is 1. The van der Waals surface area contributed by atoms with Crippen molar-refractivity contribution in [2.24, 2.45) is 0 Å². The standard InChI is InChI=1S/C26H24FN5O5/c1-28-21-10-9-20(15-3-5-17(27)6-4-15)32(21)22(33)14-31-23(34)26(37-25(31)36)12-11-16-13-18(7-8-19(16)26)30-24(35)29-2/h3-8,13,20-21H,9-12,14H2,2H3,(H2,29,30,35)/t20-,21+,26?/m0/s1. The lowest BCUT2D eigenvalue weighted by Crippen LogP contribution is -2.46. The molecule has 0 saturated carbocycles. The lowest BCUT2D eigenvalue weighted by molar-refractivity contribution is -0.142. The number of carbonyl (C=O) groups is 4. The molecule has 2 saturated heterocycles. The predicted molar refractivity (Wildman–Crippen MR) is 128 cm³/mol. The summed E-state index contributed by atoms with van der Waals surface area (Å²) in [5.74, 6) is -1.60. The van der Waals surface area contributed by atoms with Crippen molar-refractivity contribution in [3.63, 3.8) is 0 Å². The maximum absolute atomic E-state index is 13.5. The number of benzene rings is 2. The highest BCUT2D eigenvalue weighted by molar-refractivity contribution is 6.06. The lowest BCUT2D eigenvalue weighted by Gasteiger charge is -2.26. The Balaban J connectivity index is 1.37. The van der Waals surface area contributed by atoms with Crippen LogP contribution in [0.5, 0.6) is 0 Å². The summed E-state index contributed by atoms with van der Waals surface area (Å²) in [6.07, 6.45) is -0.0725. The van der Waals surface area contributed by atoms with Crippen LogP contribution < -0.4 is 10.6 Å². The Morgan fingerprint density at radius 1 is 1.19 bits per heavy atom. The number of imide groups is 1. The fourth-order valence-electron chi connectivity index (χ4n) is 5.41. The van der Waals surface area contributed by atoms with Crippen molar-refractivity contribution < 1.29 is 28.3 Å². The number of carbonyl (C=O) groups excluding carboxylic acids is 4. The Morgan fingerprint density at radius 2 is 1.95 bits per heavy atom. The van der Waals surface area contributed by atoms with Crippen LogP contribution in [-0.2, 0) is 26.3 Å². The molecule has 37 heavy (non-hydrogen) atoms. The highest BCUT2D eigenvalue weighted by Crippen LogP contribution is 2.46. The summed E-state index contributed by atoms with van der Waals surface area (Å²) >= 11 is 0. The van der Waals surface area contributed by atoms with Gasteiger partial charge in [0.15, 0.2) is 0 Å². The summed E-state index contributed by atoms with van der Waals surface area (Å²) in [4.78, 5) is 57.1. The number of halogens is 1. The van der Waals surface area contributed by atoms with Gasteiger partial charge in [0.1, 0.15) is 12.4 Å². The topological polar surface area (TPSA) is 112 Å². The monoisotopic (exact) mass is 505 g/mol. The summed E-state index contributed by atoms with van der Waals surface area (Å²) in [6, 6.07) is 9.86. The molecular weight excluding hydrogens is 481 g/mol. The van der Waals surface area contributed by atoms with Crippen molar-refractivity contribution >= 4 is 29.6 Å². The fraction of sp³-hybridized carbons (Fsp3) is 0.346. The number of anilines is 1. The van der Waals surface area contributed by atoms with Gasteiger partial charge in [-0.1, -0.05) is 18.2 Å². The van der Waals surface area contributed by atoms with E-state index in [0.29, 0.717) is 36.1 Å². The van der Waals surface area contributed by atoms with E-state index in [-0.39, 0.29) is 12.5 Å². The lowest BCUT2D eigenvalue weighted by atomic mass is 9.94. The molecule has 190 valence electrons. The molecule has 3 atom stereocenters. The van der Waals surface area contributed by atoms with Gasteiger partial charge in [0.2, 0.25) is 11.5 Å². The van der Waals surface area contributed by atoms with Crippen molar-refractivity contribution in [1.29, 1.82) is 0 Å². The number of nitrogens with one attached hydrogen (secondary N) is 2. The molecule has 11 heteroatoms. The molecule has 2 aliphatic heterocycles. The highest BCUT2D eigenvalue weighted by atomic mass is 19.1. The molecule has 2 aromatic rings. The number of aryl methyl sites for hydroxylation is 1. The molecule has 1 spiro atoms. The number of rotatable bonds is 4. The van der Waals surface area contributed by atoms with Gasteiger partial charge in [-0.2, -0.15) is 0 Å². The molecule has 2 N–H and O–H groups in total. The summed E-state index contributed by atoms with van der Waals surface area (Å²) in [5, 5.41) is 5.13. The molecule has 2 heterocycles. The minimum Gasteiger partial charge on any atom is -0.427 e. The SMILES string of the molecule is [C-]#[N+][C@H]1CC[C@@H](c2ccc(F)cc2)N1C(=O)CN1C(=O)OC2(CCc3cc(NC(=O)NC)ccc32)C1=O. The molecule has 1 unspecified atom stereocenters. The van der Waals surface area contributed by atoms with Crippen LogP contribution >= 0.6 is 0 Å². The van der Waals surface area contributed by atoms with Gasteiger partial charge in [-0.05, 0) is 48.2 Å². The Morgan fingerprint density at radius 3 is 2.65 bits per heavy atom. The summed E-state index contributed by atoms with van der Waals surface area (Å²) < 4.78 is 19.0. The van der Waals surface area contributed by atoms with Crippen molar-refractivity contribution in [3.8, 4) is 0 Å². The number of ether oxygens (including phenoxy) is 1. The molecule has 10 nitrogen and oxygen atoms in total. The first-order valence-corrected chi connectivity index (χ1v) is 11.9. The summed E-state index contributed by atoms with van der Waals surface area (Å²) in [6.45, 7) is 6.97. The third-order valence-electron chi connectivity index (χ3n) is 7.18. The number of likely N-dealkylation sites (tertiary alicyclic amines) is 1. The van der Waals surface area contributed by atoms with E-state index in [0.717, 1.165) is 10.5 Å². The maximum Gasteiger partial charge on any atom is 0.418 e. The van der Waals surface area contributed by atoms with E-state index in [4.69, 9.17) is 11.3 Å². The Labute approximate surface area is 212 Å². The van der Waals surface area contributed by atoms with Crippen LogP contribution in [0.2, 0.25) is 0 Å². The molecule has 2 fully saturated rings. The maximum atomic E-state index is 13.5. The normalized spacial score (nSPS) is 24.1. The Hall–Kier alpha value is -4.46. The molecule has 0 bridgehead atoms. The van der Waals surface area contributed by atoms with Gasteiger partial charge >= 0.3 is 18.3 Å². The number of amides is 5. The fourth-order valence-corrected chi connectivity index (χ4v) is 5.41. The van der Waals surface area contributed by atoms with Gasteiger partial charge in [-0.3, -0.25) is 19.3 Å². The Kier molecular flexibility index (Phi) is 6.03. The zero-order valence-electron chi connectivity index (χ0n) is 20.0. The van der Waals surface area contributed by atoms with Crippen LogP contribution in [0.15, 0.2) is 42.5 Å². The molecule has 5 amide bonds. The molecule has 2 aromatic carbocycles. The first-order chi connectivity index (χ1) is 17.8. The van der Waals surface area contributed by atoms with E-state index in [1.165, 1.54) is 24.1 Å². The van der Waals surface area contributed by atoms with Crippen LogP contribution in [0.3, 0.4) is 0 Å². The van der Waals surface area contributed by atoms with Crippen LogP contribution in [0.1, 0.15) is 42.0 Å². The van der Waals surface area contributed by atoms with E-state index in [9.17, 15) is 23.6 Å². The number of hydrogen-bond donors (Lipinski definition) is 2. The average molecular weight is 506 g/mol. The van der Waals surface area contributed by atoms with Gasteiger partial charge in [0, 0.05) is 31.1 Å². The smallest absolute Gasteiger partial charge is 0.418 e. The number of fused-ring (bicyclic) bond motifs is 2. The van der Waals surface area contributed by atoms with E-state index < -0.39 is 48.1 Å². The average Bonchev–Trinajstić information content (AvgIpc) is 3.55. The highest BCUT2D eigenvalue weighted by Gasteiger charge is 2.59. The summed E-state index contributed by atoms with van der Waals surface area (Å²) in [7, 11) is 1.49. The zero-order chi connectivity index (χ0) is 26.3. The van der Waals surface area contributed by atoms with Crippen molar-refractivity contribution in [2.45, 2.75) is 43.5 Å². The molecule has 3 aliphatic rings. The third kappa shape index (κ3) is 4.04. The number of nitrogens with zero attached hydrogens (tertiary/aromatic N) is 3. The minimum absolute atomic E-state index is 0.216. The predicted octanol–water partition coefficient (Wildman–Crippen LogP) is 3.31. The van der Waals surface area contributed by atoms with Crippen LogP contribution in [0.25, 0.3) is 4.85 Å². The van der Waals surface area contributed by atoms with E-state index in [1.807, 2.05) is 0 Å². The van der Waals surface area contributed by atoms with Gasteiger partial charge < -0.3 is 15.4 Å². The van der Waals surface area contributed by atoms with Crippen LogP contribution in [0, 0.1) is 12.4 Å². The first kappa shape index (κ1) is 24.2. The van der Waals surface area contributed by atoms with Crippen molar-refractivity contribution in [3.05, 3.63) is 76.4 Å². The van der Waals surface area contributed by atoms with E-state index in [2.05, 4.69) is 15.5 Å². The molecule has 5 rings (SSSR count). The van der Waals surface area contributed by atoms with Gasteiger partial charge in [-0.15, -0.1) is 0 Å². The number of hydrogen-bond acceptors (Lipinski definition) is 5.